The molecule has 2 fully saturated rings. The van der Waals surface area contributed by atoms with Crippen molar-refractivity contribution in [3.63, 3.8) is 0 Å². The summed E-state index contributed by atoms with van der Waals surface area (Å²) in [5, 5.41) is 0. The highest BCUT2D eigenvalue weighted by Gasteiger charge is 2.35. The lowest BCUT2D eigenvalue weighted by Gasteiger charge is -2.29. The zero-order chi connectivity index (χ0) is 14.3. The summed E-state index contributed by atoms with van der Waals surface area (Å²) < 4.78 is 14.0. The zero-order valence-corrected chi connectivity index (χ0v) is 12.1. The van der Waals surface area contributed by atoms with Crippen LogP contribution in [0.4, 0.5) is 10.1 Å². The molecule has 0 aromatic heterocycles. The third-order valence-corrected chi connectivity index (χ3v) is 4.83. The smallest absolute Gasteiger partial charge is 0.164 e. The number of halogens is 1. The summed E-state index contributed by atoms with van der Waals surface area (Å²) in [6.45, 7) is 3.23. The molecule has 1 aromatic carbocycles. The van der Waals surface area contributed by atoms with E-state index < -0.39 is 5.82 Å². The van der Waals surface area contributed by atoms with Gasteiger partial charge in [-0.1, -0.05) is 6.07 Å². The summed E-state index contributed by atoms with van der Waals surface area (Å²) in [5.41, 5.74) is 1.01. The molecule has 0 N–H and O–H groups in total. The molecule has 3 nitrogen and oxygen atoms in total. The lowest BCUT2D eigenvalue weighted by Crippen LogP contribution is -2.37. The van der Waals surface area contributed by atoms with Gasteiger partial charge in [0.2, 0.25) is 0 Å². The van der Waals surface area contributed by atoms with Gasteiger partial charge in [-0.05, 0) is 45.4 Å². The minimum absolute atomic E-state index is 0.194. The van der Waals surface area contributed by atoms with Gasteiger partial charge in [-0.2, -0.15) is 0 Å². The van der Waals surface area contributed by atoms with E-state index in [0.717, 1.165) is 25.2 Å². The van der Waals surface area contributed by atoms with Gasteiger partial charge >= 0.3 is 0 Å². The van der Waals surface area contributed by atoms with Crippen LogP contribution in [-0.2, 0) is 0 Å². The van der Waals surface area contributed by atoms with Crippen LogP contribution >= 0.6 is 0 Å². The number of Topliss-reactive ketones (excluding diaryl/α,β-unsaturated/α-hetero) is 1. The van der Waals surface area contributed by atoms with Gasteiger partial charge in [-0.15, -0.1) is 0 Å². The Morgan fingerprint density at radius 2 is 2.00 bits per heavy atom. The topological polar surface area (TPSA) is 23.6 Å². The number of rotatable bonds is 2. The molecule has 2 unspecified atom stereocenters. The summed E-state index contributed by atoms with van der Waals surface area (Å²) in [4.78, 5) is 16.4. The number of hydrogen-bond donors (Lipinski definition) is 0. The number of carbonyl (C=O) groups is 1. The van der Waals surface area contributed by atoms with Crippen molar-refractivity contribution in [2.75, 3.05) is 25.0 Å². The molecule has 2 saturated heterocycles. The molecule has 0 saturated carbocycles. The molecule has 4 heteroatoms. The van der Waals surface area contributed by atoms with Gasteiger partial charge in [0.05, 0.1) is 11.3 Å². The average Bonchev–Trinajstić information content (AvgIpc) is 2.62. The molecule has 20 heavy (non-hydrogen) atoms. The Labute approximate surface area is 119 Å². The standard InChI is InChI=1S/C16H21FN2O/c1-11(20)16-14(17)4-3-5-15(16)19-9-8-12-6-7-13(10-19)18(12)2/h3-5,12-13H,6-10H2,1-2H3. The Hall–Kier alpha value is -1.42. The lowest BCUT2D eigenvalue weighted by molar-refractivity contribution is 0.101. The maximum atomic E-state index is 14.0. The van der Waals surface area contributed by atoms with Crippen molar-refractivity contribution in [2.45, 2.75) is 38.3 Å². The summed E-state index contributed by atoms with van der Waals surface area (Å²) in [7, 11) is 2.18. The minimum Gasteiger partial charge on any atom is -0.369 e. The van der Waals surface area contributed by atoms with Crippen LogP contribution in [0.25, 0.3) is 0 Å². The van der Waals surface area contributed by atoms with Gasteiger partial charge in [0.15, 0.2) is 5.78 Å². The molecular formula is C16H21FN2O. The van der Waals surface area contributed by atoms with Crippen molar-refractivity contribution in [3.8, 4) is 0 Å². The number of nitrogens with zero attached hydrogens (tertiary/aromatic N) is 2. The van der Waals surface area contributed by atoms with Crippen LogP contribution in [0, 0.1) is 5.82 Å². The predicted octanol–water partition coefficient (Wildman–Crippen LogP) is 2.70. The Morgan fingerprint density at radius 3 is 2.75 bits per heavy atom. The van der Waals surface area contributed by atoms with Crippen LogP contribution in [0.2, 0.25) is 0 Å². The van der Waals surface area contributed by atoms with E-state index in [2.05, 4.69) is 16.8 Å². The minimum atomic E-state index is -0.405. The first-order valence-electron chi connectivity index (χ1n) is 7.34. The number of anilines is 1. The van der Waals surface area contributed by atoms with Crippen molar-refractivity contribution in [2.24, 2.45) is 0 Å². The molecule has 0 amide bonds. The van der Waals surface area contributed by atoms with Crippen LogP contribution in [0.5, 0.6) is 0 Å². The van der Waals surface area contributed by atoms with Crippen LogP contribution < -0.4 is 4.90 Å². The fraction of sp³-hybridized carbons (Fsp3) is 0.562. The third kappa shape index (κ3) is 2.22. The molecule has 1 aromatic rings. The van der Waals surface area contributed by atoms with Crippen LogP contribution in [-0.4, -0.2) is 42.9 Å². The fourth-order valence-electron chi connectivity index (χ4n) is 3.65. The molecule has 2 atom stereocenters. The first-order chi connectivity index (χ1) is 9.58. The van der Waals surface area contributed by atoms with Crippen molar-refractivity contribution < 1.29 is 9.18 Å². The Balaban J connectivity index is 1.94. The summed E-state index contributed by atoms with van der Waals surface area (Å²) in [6, 6.07) is 6.10. The maximum absolute atomic E-state index is 14.0. The van der Waals surface area contributed by atoms with Crippen molar-refractivity contribution in [1.29, 1.82) is 0 Å². The third-order valence-electron chi connectivity index (χ3n) is 4.83. The van der Waals surface area contributed by atoms with E-state index in [1.54, 1.807) is 6.07 Å². The second-order valence-corrected chi connectivity index (χ2v) is 5.98. The molecular weight excluding hydrogens is 255 g/mol. The average molecular weight is 276 g/mol. The molecule has 0 radical (unpaired) electrons. The van der Waals surface area contributed by atoms with Crippen LogP contribution in [0.15, 0.2) is 18.2 Å². The number of carbonyl (C=O) groups excluding carboxylic acids is 1. The molecule has 2 aliphatic rings. The Morgan fingerprint density at radius 1 is 1.25 bits per heavy atom. The van der Waals surface area contributed by atoms with Gasteiger partial charge in [0.1, 0.15) is 5.82 Å². The van der Waals surface area contributed by atoms with Gasteiger partial charge in [0, 0.05) is 25.2 Å². The number of benzene rings is 1. The number of ketones is 1. The largest absolute Gasteiger partial charge is 0.369 e. The van der Waals surface area contributed by atoms with Crippen molar-refractivity contribution in [3.05, 3.63) is 29.6 Å². The van der Waals surface area contributed by atoms with E-state index >= 15 is 0 Å². The molecule has 0 spiro atoms. The first kappa shape index (κ1) is 13.6. The monoisotopic (exact) mass is 276 g/mol. The predicted molar refractivity (Wildman–Crippen MR) is 77.8 cm³/mol. The quantitative estimate of drug-likeness (QED) is 0.776. The van der Waals surface area contributed by atoms with E-state index in [1.165, 1.54) is 25.8 Å². The van der Waals surface area contributed by atoms with Crippen molar-refractivity contribution >= 4 is 11.5 Å². The summed E-state index contributed by atoms with van der Waals surface area (Å²) in [5.74, 6) is -0.598. The van der Waals surface area contributed by atoms with E-state index in [1.807, 2.05) is 6.07 Å². The molecule has 2 bridgehead atoms. The van der Waals surface area contributed by atoms with Gasteiger partial charge in [-0.25, -0.2) is 4.39 Å². The fourth-order valence-corrected chi connectivity index (χ4v) is 3.65. The number of hydrogen-bond acceptors (Lipinski definition) is 3. The lowest BCUT2D eigenvalue weighted by atomic mass is 10.0. The van der Waals surface area contributed by atoms with E-state index in [4.69, 9.17) is 0 Å². The highest BCUT2D eigenvalue weighted by Crippen LogP contribution is 2.32. The number of likely N-dealkylation sites (N-methyl/N-ethyl adjacent to an activating group) is 1. The van der Waals surface area contributed by atoms with Gasteiger partial charge in [-0.3, -0.25) is 9.69 Å². The molecule has 2 heterocycles. The number of fused-ring (bicyclic) bond motifs is 2. The van der Waals surface area contributed by atoms with Crippen LogP contribution in [0.3, 0.4) is 0 Å². The van der Waals surface area contributed by atoms with E-state index in [-0.39, 0.29) is 11.3 Å². The molecule has 3 rings (SSSR count). The normalized spacial score (nSPS) is 26.6. The van der Waals surface area contributed by atoms with E-state index in [0.29, 0.717) is 12.1 Å². The SMILES string of the molecule is CC(=O)c1c(F)cccc1N1CCC2CCC(C1)N2C. The first-order valence-corrected chi connectivity index (χ1v) is 7.34. The molecule has 2 aliphatic heterocycles. The molecule has 108 valence electrons. The summed E-state index contributed by atoms with van der Waals surface area (Å²) >= 11 is 0. The summed E-state index contributed by atoms with van der Waals surface area (Å²) in [6.07, 6.45) is 3.54. The highest BCUT2D eigenvalue weighted by atomic mass is 19.1. The van der Waals surface area contributed by atoms with Crippen molar-refractivity contribution in [1.82, 2.24) is 4.90 Å². The molecule has 0 aliphatic carbocycles. The van der Waals surface area contributed by atoms with E-state index in [9.17, 15) is 9.18 Å². The van der Waals surface area contributed by atoms with Gasteiger partial charge in [0.25, 0.3) is 0 Å². The van der Waals surface area contributed by atoms with Gasteiger partial charge < -0.3 is 4.90 Å². The second kappa shape index (κ2) is 5.17. The zero-order valence-electron chi connectivity index (χ0n) is 12.1. The Bertz CT molecular complexity index is 531. The second-order valence-electron chi connectivity index (χ2n) is 5.98. The maximum Gasteiger partial charge on any atom is 0.164 e. The van der Waals surface area contributed by atoms with Crippen LogP contribution in [0.1, 0.15) is 36.5 Å². The highest BCUT2D eigenvalue weighted by molar-refractivity contribution is 6.00. The Kier molecular flexibility index (Phi) is 3.50.